The van der Waals surface area contributed by atoms with E-state index in [-0.39, 0.29) is 5.41 Å². The van der Waals surface area contributed by atoms with Crippen molar-refractivity contribution in [2.75, 3.05) is 7.11 Å². The van der Waals surface area contributed by atoms with Crippen LogP contribution >= 0.6 is 0 Å². The summed E-state index contributed by atoms with van der Waals surface area (Å²) in [6.07, 6.45) is 5.65. The molecule has 12 heavy (non-hydrogen) atoms. The Labute approximate surface area is 73.9 Å². The highest BCUT2D eigenvalue weighted by Crippen LogP contribution is 2.64. The molecule has 0 saturated heterocycles. The van der Waals surface area contributed by atoms with E-state index in [1.165, 1.54) is 6.42 Å². The van der Waals surface area contributed by atoms with Gasteiger partial charge >= 0.3 is 0 Å². The molecule has 0 aromatic carbocycles. The highest BCUT2D eigenvalue weighted by Gasteiger charge is 2.66. The zero-order valence-corrected chi connectivity index (χ0v) is 7.97. The standard InChI is InChI=1S/C10H18O2/c1-3-10(11)7-8(12-2)9(10)5-4-6-9/h8,11H,3-7H2,1-2H3. The van der Waals surface area contributed by atoms with Crippen molar-refractivity contribution in [3.05, 3.63) is 0 Å². The Morgan fingerprint density at radius 1 is 1.50 bits per heavy atom. The molecule has 0 aromatic rings. The van der Waals surface area contributed by atoms with Crippen LogP contribution in [0.2, 0.25) is 0 Å². The van der Waals surface area contributed by atoms with E-state index in [0.717, 1.165) is 25.7 Å². The second-order valence-corrected chi connectivity index (χ2v) is 4.32. The van der Waals surface area contributed by atoms with E-state index < -0.39 is 5.60 Å². The van der Waals surface area contributed by atoms with E-state index in [9.17, 15) is 5.11 Å². The largest absolute Gasteiger partial charge is 0.389 e. The highest BCUT2D eigenvalue weighted by atomic mass is 16.5. The molecule has 2 atom stereocenters. The maximum Gasteiger partial charge on any atom is 0.0750 e. The molecule has 2 aliphatic rings. The first-order chi connectivity index (χ1) is 5.68. The summed E-state index contributed by atoms with van der Waals surface area (Å²) in [6.45, 7) is 2.08. The predicted octanol–water partition coefficient (Wildman–Crippen LogP) is 1.72. The van der Waals surface area contributed by atoms with E-state index >= 15 is 0 Å². The summed E-state index contributed by atoms with van der Waals surface area (Å²) >= 11 is 0. The third-order valence-electron chi connectivity index (χ3n) is 4.18. The molecular formula is C10H18O2. The lowest BCUT2D eigenvalue weighted by Gasteiger charge is -2.65. The molecule has 2 aliphatic carbocycles. The van der Waals surface area contributed by atoms with Gasteiger partial charge in [0.2, 0.25) is 0 Å². The zero-order chi connectivity index (χ0) is 8.82. The van der Waals surface area contributed by atoms with Crippen LogP contribution in [0.4, 0.5) is 0 Å². The maximum atomic E-state index is 10.2. The van der Waals surface area contributed by atoms with Gasteiger partial charge in [-0.2, -0.15) is 0 Å². The molecule has 1 spiro atoms. The Kier molecular flexibility index (Phi) is 1.74. The fourth-order valence-electron chi connectivity index (χ4n) is 3.02. The van der Waals surface area contributed by atoms with Crippen molar-refractivity contribution >= 4 is 0 Å². The van der Waals surface area contributed by atoms with Crippen LogP contribution < -0.4 is 0 Å². The van der Waals surface area contributed by atoms with Crippen LogP contribution in [-0.2, 0) is 4.74 Å². The molecule has 2 saturated carbocycles. The summed E-state index contributed by atoms with van der Waals surface area (Å²) in [5.74, 6) is 0. The summed E-state index contributed by atoms with van der Waals surface area (Å²) < 4.78 is 5.38. The van der Waals surface area contributed by atoms with Crippen molar-refractivity contribution in [1.82, 2.24) is 0 Å². The zero-order valence-electron chi connectivity index (χ0n) is 7.97. The summed E-state index contributed by atoms with van der Waals surface area (Å²) in [4.78, 5) is 0. The molecular weight excluding hydrogens is 152 g/mol. The van der Waals surface area contributed by atoms with Crippen LogP contribution in [0.25, 0.3) is 0 Å². The molecule has 2 nitrogen and oxygen atoms in total. The van der Waals surface area contributed by atoms with Crippen molar-refractivity contribution in [3.63, 3.8) is 0 Å². The maximum absolute atomic E-state index is 10.2. The number of aliphatic hydroxyl groups is 1. The lowest BCUT2D eigenvalue weighted by atomic mass is 9.44. The quantitative estimate of drug-likeness (QED) is 0.683. The van der Waals surface area contributed by atoms with Gasteiger partial charge in [-0.25, -0.2) is 0 Å². The molecule has 2 fully saturated rings. The number of hydrogen-bond donors (Lipinski definition) is 1. The normalized spacial score (nSPS) is 43.8. The molecule has 0 aromatic heterocycles. The summed E-state index contributed by atoms with van der Waals surface area (Å²) in [5.41, 5.74) is -0.248. The monoisotopic (exact) mass is 170 g/mol. The molecule has 0 heterocycles. The van der Waals surface area contributed by atoms with Crippen LogP contribution in [0, 0.1) is 5.41 Å². The van der Waals surface area contributed by atoms with Gasteiger partial charge in [0.1, 0.15) is 0 Å². The van der Waals surface area contributed by atoms with Gasteiger partial charge in [0, 0.05) is 18.9 Å². The highest BCUT2D eigenvalue weighted by molar-refractivity contribution is 5.17. The minimum Gasteiger partial charge on any atom is -0.389 e. The summed E-state index contributed by atoms with van der Waals surface area (Å²) in [6, 6.07) is 0. The average molecular weight is 170 g/mol. The third-order valence-corrected chi connectivity index (χ3v) is 4.18. The van der Waals surface area contributed by atoms with E-state index in [1.807, 2.05) is 0 Å². The SMILES string of the molecule is CCC1(O)CC(OC)C12CCC2. The molecule has 2 heteroatoms. The van der Waals surface area contributed by atoms with Crippen molar-refractivity contribution in [2.24, 2.45) is 5.41 Å². The molecule has 0 amide bonds. The van der Waals surface area contributed by atoms with Gasteiger partial charge < -0.3 is 9.84 Å². The molecule has 2 unspecified atom stereocenters. The fourth-order valence-corrected chi connectivity index (χ4v) is 3.02. The molecule has 0 aliphatic heterocycles. The van der Waals surface area contributed by atoms with Gasteiger partial charge in [0.05, 0.1) is 11.7 Å². The molecule has 2 rings (SSSR count). The molecule has 1 N–H and O–H groups in total. The van der Waals surface area contributed by atoms with Crippen LogP contribution in [0.5, 0.6) is 0 Å². The minimum absolute atomic E-state index is 0.149. The summed E-state index contributed by atoms with van der Waals surface area (Å²) in [7, 11) is 1.76. The molecule has 0 bridgehead atoms. The Morgan fingerprint density at radius 3 is 2.50 bits per heavy atom. The number of methoxy groups -OCH3 is 1. The first-order valence-electron chi connectivity index (χ1n) is 4.94. The second kappa shape index (κ2) is 2.46. The Hall–Kier alpha value is -0.0800. The fraction of sp³-hybridized carbons (Fsp3) is 1.00. The predicted molar refractivity (Wildman–Crippen MR) is 46.9 cm³/mol. The Balaban J connectivity index is 2.13. The van der Waals surface area contributed by atoms with E-state index in [1.54, 1.807) is 7.11 Å². The van der Waals surface area contributed by atoms with Gasteiger partial charge in [-0.3, -0.25) is 0 Å². The van der Waals surface area contributed by atoms with Crippen molar-refractivity contribution in [1.29, 1.82) is 0 Å². The van der Waals surface area contributed by atoms with Gasteiger partial charge in [-0.1, -0.05) is 13.3 Å². The number of hydrogen-bond acceptors (Lipinski definition) is 2. The lowest BCUT2D eigenvalue weighted by molar-refractivity contribution is -0.282. The van der Waals surface area contributed by atoms with Gasteiger partial charge in [0.15, 0.2) is 0 Å². The van der Waals surface area contributed by atoms with Crippen molar-refractivity contribution in [2.45, 2.75) is 50.7 Å². The van der Waals surface area contributed by atoms with E-state index in [2.05, 4.69) is 6.92 Å². The Morgan fingerprint density at radius 2 is 2.17 bits per heavy atom. The first kappa shape index (κ1) is 8.52. The lowest BCUT2D eigenvalue weighted by Crippen LogP contribution is -2.69. The summed E-state index contributed by atoms with van der Waals surface area (Å²) in [5, 5.41) is 10.2. The molecule has 70 valence electrons. The van der Waals surface area contributed by atoms with Crippen LogP contribution in [0.15, 0.2) is 0 Å². The smallest absolute Gasteiger partial charge is 0.0750 e. The van der Waals surface area contributed by atoms with Crippen molar-refractivity contribution in [3.8, 4) is 0 Å². The topological polar surface area (TPSA) is 29.5 Å². The van der Waals surface area contributed by atoms with Crippen molar-refractivity contribution < 1.29 is 9.84 Å². The van der Waals surface area contributed by atoms with Crippen LogP contribution in [-0.4, -0.2) is 23.9 Å². The minimum atomic E-state index is -0.397. The Bertz CT molecular complexity index is 186. The van der Waals surface area contributed by atoms with Gasteiger partial charge in [-0.05, 0) is 19.3 Å². The number of rotatable bonds is 2. The van der Waals surface area contributed by atoms with Gasteiger partial charge in [-0.15, -0.1) is 0 Å². The first-order valence-corrected chi connectivity index (χ1v) is 4.94. The van der Waals surface area contributed by atoms with E-state index in [4.69, 9.17) is 4.74 Å². The average Bonchev–Trinajstić information content (AvgIpc) is 1.96. The number of ether oxygens (including phenoxy) is 1. The third kappa shape index (κ3) is 0.728. The van der Waals surface area contributed by atoms with E-state index in [0.29, 0.717) is 6.10 Å². The second-order valence-electron chi connectivity index (χ2n) is 4.32. The van der Waals surface area contributed by atoms with Gasteiger partial charge in [0.25, 0.3) is 0 Å². The molecule has 0 radical (unpaired) electrons. The van der Waals surface area contributed by atoms with Crippen LogP contribution in [0.1, 0.15) is 39.0 Å². The van der Waals surface area contributed by atoms with Crippen LogP contribution in [0.3, 0.4) is 0 Å².